The fourth-order valence-corrected chi connectivity index (χ4v) is 4.76. The number of fused-ring (bicyclic) bond motifs is 2. The molecule has 1 aliphatic rings. The Morgan fingerprint density at radius 3 is 2.85 bits per heavy atom. The molecular formula is C26H25N7O. The van der Waals surface area contributed by atoms with Crippen LogP contribution in [0.1, 0.15) is 34.9 Å². The van der Waals surface area contributed by atoms with Gasteiger partial charge in [0.25, 0.3) is 0 Å². The van der Waals surface area contributed by atoms with Crippen molar-refractivity contribution in [3.63, 3.8) is 0 Å². The molecule has 5 heterocycles. The number of hydrogen-bond acceptors (Lipinski definition) is 6. The van der Waals surface area contributed by atoms with Crippen molar-refractivity contribution in [3.8, 4) is 11.1 Å². The first-order valence-corrected chi connectivity index (χ1v) is 11.6. The van der Waals surface area contributed by atoms with Crippen LogP contribution in [0.5, 0.6) is 0 Å². The molecule has 34 heavy (non-hydrogen) atoms. The molecule has 1 N–H and O–H groups in total. The Morgan fingerprint density at radius 2 is 1.97 bits per heavy atom. The Morgan fingerprint density at radius 1 is 1.09 bits per heavy atom. The highest BCUT2D eigenvalue weighted by Crippen LogP contribution is 2.29. The number of Topliss-reactive ketones (excluding diaryl/α,β-unsaturated/α-hetero) is 1. The van der Waals surface area contributed by atoms with Crippen molar-refractivity contribution in [1.29, 1.82) is 0 Å². The Hall–Kier alpha value is -3.91. The van der Waals surface area contributed by atoms with E-state index in [1.165, 1.54) is 0 Å². The maximum absolute atomic E-state index is 13.0. The number of pyridine rings is 1. The number of ketones is 1. The third-order valence-corrected chi connectivity index (χ3v) is 6.75. The van der Waals surface area contributed by atoms with Gasteiger partial charge in [0.1, 0.15) is 0 Å². The number of hydrogen-bond donors (Lipinski definition) is 1. The van der Waals surface area contributed by atoms with Gasteiger partial charge in [-0.3, -0.25) is 14.5 Å². The number of carbonyl (C=O) groups is 1. The molecule has 8 heteroatoms. The van der Waals surface area contributed by atoms with Crippen LogP contribution in [-0.4, -0.2) is 60.8 Å². The number of nitrogens with zero attached hydrogens (tertiary/aromatic N) is 6. The number of benzene rings is 1. The number of carbonyl (C=O) groups excluding carboxylic acids is 1. The van der Waals surface area contributed by atoms with Crippen LogP contribution in [-0.2, 0) is 6.42 Å². The smallest absolute Gasteiger partial charge is 0.172 e. The highest BCUT2D eigenvalue weighted by Gasteiger charge is 2.20. The van der Waals surface area contributed by atoms with Crippen molar-refractivity contribution < 1.29 is 4.79 Å². The first-order chi connectivity index (χ1) is 16.6. The SMILES string of the molecule is CN1CCC(n2cc(C(=O)Cc3cc4cc(-c5cncc6[nH]ccc56)ccc4nn3)cn2)CC1. The lowest BCUT2D eigenvalue weighted by Gasteiger charge is -2.28. The van der Waals surface area contributed by atoms with Gasteiger partial charge in [0.05, 0.1) is 47.1 Å². The van der Waals surface area contributed by atoms with Crippen LogP contribution in [0, 0.1) is 0 Å². The van der Waals surface area contributed by atoms with Crippen molar-refractivity contribution in [2.75, 3.05) is 20.1 Å². The first-order valence-electron chi connectivity index (χ1n) is 11.6. The van der Waals surface area contributed by atoms with Crippen LogP contribution in [0.25, 0.3) is 32.9 Å². The molecule has 0 radical (unpaired) electrons. The molecule has 1 fully saturated rings. The summed E-state index contributed by atoms with van der Waals surface area (Å²) in [5.41, 5.74) is 5.17. The number of aromatic amines is 1. The highest BCUT2D eigenvalue weighted by molar-refractivity contribution is 5.98. The van der Waals surface area contributed by atoms with Gasteiger partial charge in [0, 0.05) is 34.9 Å². The molecular weight excluding hydrogens is 426 g/mol. The Labute approximate surface area is 196 Å². The third-order valence-electron chi connectivity index (χ3n) is 6.75. The van der Waals surface area contributed by atoms with E-state index in [0.29, 0.717) is 17.3 Å². The van der Waals surface area contributed by atoms with E-state index in [1.54, 1.807) is 6.20 Å². The van der Waals surface area contributed by atoms with Gasteiger partial charge in [-0.25, -0.2) is 0 Å². The molecule has 0 spiro atoms. The van der Waals surface area contributed by atoms with E-state index in [-0.39, 0.29) is 12.2 Å². The summed E-state index contributed by atoms with van der Waals surface area (Å²) in [6, 6.07) is 10.4. The van der Waals surface area contributed by atoms with Gasteiger partial charge in [-0.15, -0.1) is 0 Å². The second-order valence-corrected chi connectivity index (χ2v) is 9.08. The molecule has 0 saturated carbocycles. The van der Waals surface area contributed by atoms with Crippen LogP contribution in [0.4, 0.5) is 0 Å². The highest BCUT2D eigenvalue weighted by atomic mass is 16.1. The summed E-state index contributed by atoms with van der Waals surface area (Å²) in [5.74, 6) is 0.00488. The fraction of sp³-hybridized carbons (Fsp3) is 0.269. The van der Waals surface area contributed by atoms with E-state index >= 15 is 0 Å². The molecule has 1 aromatic carbocycles. The normalized spacial score (nSPS) is 15.3. The maximum atomic E-state index is 13.0. The van der Waals surface area contributed by atoms with Crippen LogP contribution in [0.15, 0.2) is 61.3 Å². The second-order valence-electron chi connectivity index (χ2n) is 9.08. The number of aromatic nitrogens is 6. The van der Waals surface area contributed by atoms with Gasteiger partial charge < -0.3 is 9.88 Å². The molecule has 0 unspecified atom stereocenters. The summed E-state index contributed by atoms with van der Waals surface area (Å²) in [5, 5.41) is 15.2. The quantitative estimate of drug-likeness (QED) is 0.405. The van der Waals surface area contributed by atoms with Gasteiger partial charge in [-0.2, -0.15) is 15.3 Å². The van der Waals surface area contributed by atoms with Gasteiger partial charge >= 0.3 is 0 Å². The second kappa shape index (κ2) is 8.46. The van der Waals surface area contributed by atoms with Crippen molar-refractivity contribution >= 4 is 27.6 Å². The monoisotopic (exact) mass is 451 g/mol. The van der Waals surface area contributed by atoms with Gasteiger partial charge in [0.15, 0.2) is 5.78 Å². The van der Waals surface area contributed by atoms with Gasteiger partial charge in [-0.05, 0) is 62.8 Å². The standard InChI is InChI=1S/C26H25N7O/c1-32-8-5-21(6-9-32)33-16-19(13-29-33)26(34)12-20-11-18-10-17(2-3-24(18)31-30-20)23-14-27-15-25-22(23)4-7-28-25/h2-4,7,10-11,13-16,21,28H,5-6,8-9,12H2,1H3. The molecule has 170 valence electrons. The minimum atomic E-state index is 0.00488. The predicted molar refractivity (Wildman–Crippen MR) is 131 cm³/mol. The minimum Gasteiger partial charge on any atom is -0.360 e. The van der Waals surface area contributed by atoms with Crippen LogP contribution >= 0.6 is 0 Å². The molecule has 0 amide bonds. The van der Waals surface area contributed by atoms with Crippen LogP contribution < -0.4 is 0 Å². The molecule has 0 bridgehead atoms. The number of nitrogens with one attached hydrogen (secondary N) is 1. The average Bonchev–Trinajstić information content (AvgIpc) is 3.54. The van der Waals surface area contributed by atoms with Gasteiger partial charge in [0.2, 0.25) is 0 Å². The zero-order chi connectivity index (χ0) is 23.1. The Balaban J connectivity index is 1.24. The number of likely N-dealkylation sites (tertiary alicyclic amines) is 1. The van der Waals surface area contributed by atoms with Crippen molar-refractivity contribution in [2.24, 2.45) is 0 Å². The van der Waals surface area contributed by atoms with Crippen molar-refractivity contribution in [2.45, 2.75) is 25.3 Å². The Kier molecular flexibility index (Phi) is 5.15. The largest absolute Gasteiger partial charge is 0.360 e. The van der Waals surface area contributed by atoms with E-state index in [2.05, 4.69) is 49.3 Å². The molecule has 5 aromatic rings. The lowest BCUT2D eigenvalue weighted by Crippen LogP contribution is -2.31. The summed E-state index contributed by atoms with van der Waals surface area (Å²) < 4.78 is 1.95. The van der Waals surface area contributed by atoms with Crippen LogP contribution in [0.2, 0.25) is 0 Å². The summed E-state index contributed by atoms with van der Waals surface area (Å²) in [6.45, 7) is 2.11. The Bertz CT molecular complexity index is 1490. The molecule has 0 atom stereocenters. The average molecular weight is 452 g/mol. The minimum absolute atomic E-state index is 0.00488. The first kappa shape index (κ1) is 20.7. The summed E-state index contributed by atoms with van der Waals surface area (Å²) in [7, 11) is 2.14. The van der Waals surface area contributed by atoms with E-state index in [0.717, 1.165) is 58.9 Å². The summed E-state index contributed by atoms with van der Waals surface area (Å²) in [4.78, 5) is 22.9. The molecule has 4 aromatic heterocycles. The van der Waals surface area contributed by atoms with Crippen molar-refractivity contribution in [3.05, 3.63) is 72.6 Å². The van der Waals surface area contributed by atoms with E-state index < -0.39 is 0 Å². The molecule has 1 saturated heterocycles. The lowest BCUT2D eigenvalue weighted by atomic mass is 10.0. The van der Waals surface area contributed by atoms with Crippen LogP contribution in [0.3, 0.4) is 0 Å². The topological polar surface area (TPSA) is 92.6 Å². The zero-order valence-electron chi connectivity index (χ0n) is 19.0. The number of H-pyrrole nitrogens is 1. The summed E-state index contributed by atoms with van der Waals surface area (Å²) in [6.07, 6.45) is 11.5. The van der Waals surface area contributed by atoms with Crippen molar-refractivity contribution in [1.82, 2.24) is 34.8 Å². The van der Waals surface area contributed by atoms with E-state index in [1.807, 2.05) is 47.7 Å². The maximum Gasteiger partial charge on any atom is 0.172 e. The molecule has 0 aliphatic carbocycles. The molecule has 1 aliphatic heterocycles. The molecule has 6 rings (SSSR count). The fourth-order valence-electron chi connectivity index (χ4n) is 4.76. The molecule has 8 nitrogen and oxygen atoms in total. The summed E-state index contributed by atoms with van der Waals surface area (Å²) >= 11 is 0. The third kappa shape index (κ3) is 3.86. The van der Waals surface area contributed by atoms with E-state index in [9.17, 15) is 4.79 Å². The number of piperidine rings is 1. The lowest BCUT2D eigenvalue weighted by molar-refractivity contribution is 0.0991. The van der Waals surface area contributed by atoms with Gasteiger partial charge in [-0.1, -0.05) is 6.07 Å². The van der Waals surface area contributed by atoms with E-state index in [4.69, 9.17) is 0 Å². The zero-order valence-corrected chi connectivity index (χ0v) is 19.0. The number of rotatable bonds is 5. The predicted octanol–water partition coefficient (Wildman–Crippen LogP) is 4.06.